The minimum Gasteiger partial charge on any atom is -0.493 e. The van der Waals surface area contributed by atoms with Gasteiger partial charge in [0.2, 0.25) is 0 Å². The molecular weight excluding hydrogens is 322 g/mol. The highest BCUT2D eigenvalue weighted by Crippen LogP contribution is 2.35. The molecule has 1 amide bonds. The number of carbonyl (C=O) groups is 2. The van der Waals surface area contributed by atoms with Crippen LogP contribution in [-0.2, 0) is 16.0 Å². The predicted molar refractivity (Wildman–Crippen MR) is 92.0 cm³/mol. The molecule has 2 heterocycles. The number of methoxy groups -OCH3 is 1. The Bertz CT molecular complexity index is 659. The number of ether oxygens (including phenoxy) is 2. The fourth-order valence-electron chi connectivity index (χ4n) is 3.76. The molecule has 1 saturated heterocycles. The van der Waals surface area contributed by atoms with Gasteiger partial charge >= 0.3 is 5.97 Å². The Hall–Kier alpha value is -2.08. The highest BCUT2D eigenvalue weighted by molar-refractivity contribution is 5.95. The summed E-state index contributed by atoms with van der Waals surface area (Å²) in [7, 11) is 1.57. The third-order valence-electron chi connectivity index (χ3n) is 5.26. The van der Waals surface area contributed by atoms with Crippen LogP contribution in [0.2, 0.25) is 0 Å². The number of benzene rings is 1. The summed E-state index contributed by atoms with van der Waals surface area (Å²) in [6, 6.07) is 5.52. The molecule has 0 saturated carbocycles. The average Bonchev–Trinajstić information content (AvgIpc) is 2.65. The van der Waals surface area contributed by atoms with E-state index in [1.54, 1.807) is 18.1 Å². The van der Waals surface area contributed by atoms with Crippen molar-refractivity contribution in [1.29, 1.82) is 0 Å². The number of carboxylic acid groups (broad SMARTS) is 1. The van der Waals surface area contributed by atoms with Crippen molar-refractivity contribution in [3.63, 3.8) is 0 Å². The molecule has 25 heavy (non-hydrogen) atoms. The number of nitrogens with zero attached hydrogens (tertiary/aromatic N) is 1. The van der Waals surface area contributed by atoms with Crippen LogP contribution in [-0.4, -0.2) is 55.3 Å². The molecule has 0 radical (unpaired) electrons. The van der Waals surface area contributed by atoms with Crippen molar-refractivity contribution >= 4 is 11.9 Å². The van der Waals surface area contributed by atoms with E-state index >= 15 is 0 Å². The van der Waals surface area contributed by atoms with E-state index in [4.69, 9.17) is 9.47 Å². The summed E-state index contributed by atoms with van der Waals surface area (Å²) in [5.41, 5.74) is 0.747. The van der Waals surface area contributed by atoms with Gasteiger partial charge in [-0.3, -0.25) is 9.59 Å². The number of fused-ring (bicyclic) bond motifs is 1. The van der Waals surface area contributed by atoms with Crippen molar-refractivity contribution in [3.05, 3.63) is 29.3 Å². The van der Waals surface area contributed by atoms with Gasteiger partial charge in [0.1, 0.15) is 5.75 Å². The Kier molecular flexibility index (Phi) is 5.27. The van der Waals surface area contributed by atoms with Gasteiger partial charge in [-0.15, -0.1) is 0 Å². The minimum absolute atomic E-state index is 0.101. The van der Waals surface area contributed by atoms with Crippen LogP contribution in [0.4, 0.5) is 0 Å². The van der Waals surface area contributed by atoms with Crippen molar-refractivity contribution in [2.24, 2.45) is 5.41 Å². The molecule has 2 aliphatic heterocycles. The van der Waals surface area contributed by atoms with E-state index in [1.165, 1.54) is 0 Å². The maximum atomic E-state index is 12.9. The largest absolute Gasteiger partial charge is 0.493 e. The monoisotopic (exact) mass is 347 g/mol. The van der Waals surface area contributed by atoms with E-state index in [2.05, 4.69) is 0 Å². The average molecular weight is 347 g/mol. The quantitative estimate of drug-likeness (QED) is 0.885. The van der Waals surface area contributed by atoms with Crippen molar-refractivity contribution in [2.45, 2.75) is 32.1 Å². The maximum absolute atomic E-state index is 12.9. The lowest BCUT2D eigenvalue weighted by atomic mass is 9.77. The number of aryl methyl sites for hydroxylation is 1. The lowest BCUT2D eigenvalue weighted by molar-refractivity contribution is -0.153. The highest BCUT2D eigenvalue weighted by Gasteiger charge is 2.43. The Morgan fingerprint density at radius 1 is 1.36 bits per heavy atom. The molecule has 6 heteroatoms. The summed E-state index contributed by atoms with van der Waals surface area (Å²) >= 11 is 0. The molecule has 1 atom stereocenters. The second kappa shape index (κ2) is 7.44. The van der Waals surface area contributed by atoms with Crippen LogP contribution in [0.1, 0.15) is 41.6 Å². The molecule has 1 unspecified atom stereocenters. The first kappa shape index (κ1) is 17.7. The van der Waals surface area contributed by atoms with Crippen molar-refractivity contribution in [3.8, 4) is 5.75 Å². The third kappa shape index (κ3) is 3.63. The number of piperidine rings is 1. The Balaban J connectivity index is 1.78. The second-order valence-electron chi connectivity index (χ2n) is 6.93. The van der Waals surface area contributed by atoms with Crippen LogP contribution in [0, 0.1) is 5.41 Å². The Morgan fingerprint density at radius 3 is 2.96 bits per heavy atom. The number of carbonyl (C=O) groups excluding carboxylic acids is 1. The molecule has 136 valence electrons. The molecule has 3 rings (SSSR count). The molecule has 0 aromatic heterocycles. The molecule has 0 spiro atoms. The number of hydrogen-bond donors (Lipinski definition) is 1. The molecule has 1 aromatic rings. The summed E-state index contributed by atoms with van der Waals surface area (Å²) in [6.07, 6.45) is 3.54. The van der Waals surface area contributed by atoms with Gasteiger partial charge in [0.15, 0.2) is 0 Å². The normalized spacial score (nSPS) is 22.8. The highest BCUT2D eigenvalue weighted by atomic mass is 16.5. The van der Waals surface area contributed by atoms with Crippen molar-refractivity contribution in [1.82, 2.24) is 4.90 Å². The molecule has 0 aliphatic carbocycles. The first-order valence-corrected chi connectivity index (χ1v) is 8.83. The molecule has 1 fully saturated rings. The van der Waals surface area contributed by atoms with Crippen LogP contribution < -0.4 is 4.74 Å². The molecule has 6 nitrogen and oxygen atoms in total. The fraction of sp³-hybridized carbons (Fsp3) is 0.579. The van der Waals surface area contributed by atoms with Gasteiger partial charge in [-0.1, -0.05) is 0 Å². The smallest absolute Gasteiger partial charge is 0.311 e. The fourth-order valence-corrected chi connectivity index (χ4v) is 3.76. The van der Waals surface area contributed by atoms with Crippen LogP contribution in [0.15, 0.2) is 18.2 Å². The second-order valence-corrected chi connectivity index (χ2v) is 6.93. The minimum atomic E-state index is -0.915. The molecular formula is C19H25NO5. The molecule has 1 aromatic carbocycles. The number of likely N-dealkylation sites (tertiary alicyclic amines) is 1. The topological polar surface area (TPSA) is 76.1 Å². The zero-order valence-electron chi connectivity index (χ0n) is 14.6. The van der Waals surface area contributed by atoms with Gasteiger partial charge < -0.3 is 19.5 Å². The zero-order valence-corrected chi connectivity index (χ0v) is 14.6. The van der Waals surface area contributed by atoms with Crippen LogP contribution in [0.25, 0.3) is 0 Å². The number of carboxylic acids is 1. The van der Waals surface area contributed by atoms with Crippen molar-refractivity contribution in [2.75, 3.05) is 33.4 Å². The van der Waals surface area contributed by atoms with E-state index in [0.29, 0.717) is 44.6 Å². The maximum Gasteiger partial charge on any atom is 0.311 e. The van der Waals surface area contributed by atoms with Crippen LogP contribution in [0.3, 0.4) is 0 Å². The van der Waals surface area contributed by atoms with E-state index in [9.17, 15) is 14.7 Å². The summed E-state index contributed by atoms with van der Waals surface area (Å²) in [6.45, 7) is 1.92. The Labute approximate surface area is 147 Å². The summed E-state index contributed by atoms with van der Waals surface area (Å²) in [5.74, 6) is -0.0987. The lowest BCUT2D eigenvalue weighted by Crippen LogP contribution is -2.50. The van der Waals surface area contributed by atoms with Gasteiger partial charge in [-0.05, 0) is 55.9 Å². The predicted octanol–water partition coefficient (Wildman–Crippen LogP) is 2.36. The van der Waals surface area contributed by atoms with Crippen LogP contribution in [0.5, 0.6) is 5.75 Å². The van der Waals surface area contributed by atoms with Gasteiger partial charge in [0, 0.05) is 32.4 Å². The van der Waals surface area contributed by atoms with E-state index in [-0.39, 0.29) is 12.5 Å². The van der Waals surface area contributed by atoms with Gasteiger partial charge in [0.05, 0.1) is 12.0 Å². The van der Waals surface area contributed by atoms with E-state index in [1.807, 2.05) is 12.1 Å². The van der Waals surface area contributed by atoms with E-state index < -0.39 is 11.4 Å². The molecule has 2 aliphatic rings. The SMILES string of the molecule is COCCC1(C(=O)O)CCCN(C(=O)c2ccc3c(c2)CCCO3)C1. The molecule has 0 bridgehead atoms. The molecule has 1 N–H and O–H groups in total. The van der Waals surface area contributed by atoms with E-state index in [0.717, 1.165) is 24.2 Å². The summed E-state index contributed by atoms with van der Waals surface area (Å²) < 4.78 is 10.7. The zero-order chi connectivity index (χ0) is 17.9. The number of aliphatic carboxylic acids is 1. The standard InChI is InChI=1S/C19H25NO5/c1-24-11-8-19(18(22)23)7-3-9-20(13-19)17(21)15-5-6-16-14(12-15)4-2-10-25-16/h5-6,12H,2-4,7-11,13H2,1H3,(H,22,23). The Morgan fingerprint density at radius 2 is 2.20 bits per heavy atom. The van der Waals surface area contributed by atoms with Gasteiger partial charge in [0.25, 0.3) is 5.91 Å². The van der Waals surface area contributed by atoms with Crippen LogP contribution >= 0.6 is 0 Å². The van der Waals surface area contributed by atoms with Gasteiger partial charge in [-0.2, -0.15) is 0 Å². The van der Waals surface area contributed by atoms with Gasteiger partial charge in [-0.25, -0.2) is 0 Å². The number of rotatable bonds is 5. The van der Waals surface area contributed by atoms with Crippen molar-refractivity contribution < 1.29 is 24.2 Å². The first-order chi connectivity index (χ1) is 12.1. The lowest BCUT2D eigenvalue weighted by Gasteiger charge is -2.40. The summed E-state index contributed by atoms with van der Waals surface area (Å²) in [4.78, 5) is 26.5. The first-order valence-electron chi connectivity index (χ1n) is 8.83. The summed E-state index contributed by atoms with van der Waals surface area (Å²) in [5, 5.41) is 9.73. The third-order valence-corrected chi connectivity index (χ3v) is 5.26. The number of hydrogen-bond acceptors (Lipinski definition) is 4. The number of amides is 1.